The number of hydrogen-bond acceptors (Lipinski definition) is 5. The normalized spacial score (nSPS) is 11.2. The predicted octanol–water partition coefficient (Wildman–Crippen LogP) is 6.62. The maximum absolute atomic E-state index is 12.8. The maximum atomic E-state index is 12.8. The van der Waals surface area contributed by atoms with E-state index in [1.54, 1.807) is 24.3 Å². The lowest BCUT2D eigenvalue weighted by Gasteiger charge is -2.07. The molecular formula is C28H19ClN2O3S. The van der Waals surface area contributed by atoms with Crippen molar-refractivity contribution in [1.29, 1.82) is 0 Å². The van der Waals surface area contributed by atoms with Crippen LogP contribution in [0, 0.1) is 0 Å². The second-order valence-electron chi connectivity index (χ2n) is 7.78. The van der Waals surface area contributed by atoms with Gasteiger partial charge in [0, 0.05) is 15.6 Å². The highest BCUT2D eigenvalue weighted by Gasteiger charge is 2.19. The Balaban J connectivity index is 1.28. The summed E-state index contributed by atoms with van der Waals surface area (Å²) in [6.45, 7) is 0. The van der Waals surface area contributed by atoms with E-state index in [1.807, 2.05) is 66.7 Å². The zero-order valence-electron chi connectivity index (χ0n) is 18.4. The number of carbonyl (C=O) groups is 2. The molecule has 0 aliphatic heterocycles. The quantitative estimate of drug-likeness (QED) is 0.124. The van der Waals surface area contributed by atoms with Crippen molar-refractivity contribution in [2.45, 2.75) is 6.42 Å². The first-order valence-electron chi connectivity index (χ1n) is 10.9. The van der Waals surface area contributed by atoms with E-state index in [-0.39, 0.29) is 12.3 Å². The molecule has 1 aromatic heterocycles. The number of hydrazone groups is 1. The molecular weight excluding hydrogens is 480 g/mol. The Bertz CT molecular complexity index is 1590. The fraction of sp³-hybridized carbons (Fsp3) is 0.0357. The molecule has 0 atom stereocenters. The van der Waals surface area contributed by atoms with Crippen molar-refractivity contribution in [3.63, 3.8) is 0 Å². The molecule has 0 radical (unpaired) electrons. The van der Waals surface area contributed by atoms with Crippen molar-refractivity contribution < 1.29 is 14.3 Å². The second kappa shape index (κ2) is 10.1. The SMILES string of the molecule is O=C(Cc1cccc2ccccc12)N/N=C\c1ccccc1OC(=O)c1sc2ccccc2c1Cl. The molecule has 0 unspecified atom stereocenters. The second-order valence-corrected chi connectivity index (χ2v) is 9.21. The highest BCUT2D eigenvalue weighted by atomic mass is 35.5. The van der Waals surface area contributed by atoms with Crippen LogP contribution in [0.4, 0.5) is 0 Å². The van der Waals surface area contributed by atoms with Gasteiger partial charge in [0.2, 0.25) is 5.91 Å². The molecule has 0 bridgehead atoms. The molecule has 5 rings (SSSR count). The van der Waals surface area contributed by atoms with Crippen molar-refractivity contribution >= 4 is 61.9 Å². The van der Waals surface area contributed by atoms with E-state index in [1.165, 1.54) is 17.6 Å². The molecule has 4 aromatic carbocycles. The number of nitrogens with one attached hydrogen (secondary N) is 1. The van der Waals surface area contributed by atoms with Gasteiger partial charge in [-0.25, -0.2) is 10.2 Å². The van der Waals surface area contributed by atoms with Crippen LogP contribution in [-0.2, 0) is 11.2 Å². The van der Waals surface area contributed by atoms with Crippen LogP contribution in [0.2, 0.25) is 5.02 Å². The first-order valence-corrected chi connectivity index (χ1v) is 12.1. The number of nitrogens with zero attached hydrogens (tertiary/aromatic N) is 1. The van der Waals surface area contributed by atoms with Crippen LogP contribution in [0.3, 0.4) is 0 Å². The summed E-state index contributed by atoms with van der Waals surface area (Å²) in [4.78, 5) is 25.7. The third kappa shape index (κ3) is 4.94. The molecule has 7 heteroatoms. The number of benzene rings is 4. The van der Waals surface area contributed by atoms with Gasteiger partial charge in [0.15, 0.2) is 0 Å². The molecule has 0 aliphatic rings. The molecule has 5 aromatic rings. The Hall–Kier alpha value is -4.00. The summed E-state index contributed by atoms with van der Waals surface area (Å²) < 4.78 is 6.54. The van der Waals surface area contributed by atoms with Crippen LogP contribution in [0.5, 0.6) is 5.75 Å². The number of carbonyl (C=O) groups excluding carboxylic acids is 2. The van der Waals surface area contributed by atoms with Gasteiger partial charge in [-0.3, -0.25) is 4.79 Å². The number of para-hydroxylation sites is 1. The van der Waals surface area contributed by atoms with Gasteiger partial charge in [0.1, 0.15) is 10.6 Å². The molecule has 35 heavy (non-hydrogen) atoms. The summed E-state index contributed by atoms with van der Waals surface area (Å²) >= 11 is 7.70. The molecule has 0 saturated carbocycles. The lowest BCUT2D eigenvalue weighted by molar-refractivity contribution is -0.120. The van der Waals surface area contributed by atoms with Crippen molar-refractivity contribution in [3.8, 4) is 5.75 Å². The number of thiophene rings is 1. The number of amides is 1. The summed E-state index contributed by atoms with van der Waals surface area (Å²) in [6.07, 6.45) is 1.65. The molecule has 0 aliphatic carbocycles. The van der Waals surface area contributed by atoms with Gasteiger partial charge in [-0.2, -0.15) is 5.10 Å². The van der Waals surface area contributed by atoms with Crippen LogP contribution in [0.25, 0.3) is 20.9 Å². The molecule has 5 nitrogen and oxygen atoms in total. The molecule has 0 fully saturated rings. The Kier molecular flexibility index (Phi) is 6.57. The molecule has 1 N–H and O–H groups in total. The van der Waals surface area contributed by atoms with E-state index >= 15 is 0 Å². The maximum Gasteiger partial charge on any atom is 0.355 e. The van der Waals surface area contributed by atoms with E-state index in [2.05, 4.69) is 10.5 Å². The molecule has 1 amide bonds. The largest absolute Gasteiger partial charge is 0.422 e. The van der Waals surface area contributed by atoms with Gasteiger partial charge in [-0.1, -0.05) is 84.4 Å². The highest BCUT2D eigenvalue weighted by molar-refractivity contribution is 7.21. The molecule has 172 valence electrons. The van der Waals surface area contributed by atoms with E-state index in [9.17, 15) is 9.59 Å². The lowest BCUT2D eigenvalue weighted by atomic mass is 10.0. The van der Waals surface area contributed by atoms with Crippen LogP contribution in [0.1, 0.15) is 20.8 Å². The van der Waals surface area contributed by atoms with Crippen LogP contribution >= 0.6 is 22.9 Å². The van der Waals surface area contributed by atoms with Crippen molar-refractivity contribution in [2.75, 3.05) is 0 Å². The first-order chi connectivity index (χ1) is 17.1. The van der Waals surface area contributed by atoms with E-state index in [0.29, 0.717) is 21.2 Å². The number of fused-ring (bicyclic) bond motifs is 2. The summed E-state index contributed by atoms with van der Waals surface area (Å²) in [6, 6.07) is 28.3. The van der Waals surface area contributed by atoms with E-state index < -0.39 is 5.97 Å². The number of esters is 1. The van der Waals surface area contributed by atoms with Crippen LogP contribution < -0.4 is 10.2 Å². The number of rotatable bonds is 6. The number of halogens is 1. The van der Waals surface area contributed by atoms with Crippen LogP contribution in [0.15, 0.2) is 96.1 Å². The third-order valence-electron chi connectivity index (χ3n) is 5.47. The van der Waals surface area contributed by atoms with Crippen molar-refractivity contribution in [3.05, 3.63) is 112 Å². The third-order valence-corrected chi connectivity index (χ3v) is 7.12. The molecule has 1 heterocycles. The van der Waals surface area contributed by atoms with Gasteiger partial charge >= 0.3 is 5.97 Å². The zero-order chi connectivity index (χ0) is 24.2. The Morgan fingerprint density at radius 2 is 1.60 bits per heavy atom. The van der Waals surface area contributed by atoms with Crippen molar-refractivity contribution in [1.82, 2.24) is 5.43 Å². The summed E-state index contributed by atoms with van der Waals surface area (Å²) in [5, 5.41) is 7.38. The topological polar surface area (TPSA) is 67.8 Å². The van der Waals surface area contributed by atoms with Gasteiger partial charge in [-0.05, 0) is 34.5 Å². The molecule has 0 saturated heterocycles. The van der Waals surface area contributed by atoms with Gasteiger partial charge in [0.25, 0.3) is 0 Å². The van der Waals surface area contributed by atoms with Crippen molar-refractivity contribution in [2.24, 2.45) is 5.10 Å². The fourth-order valence-corrected chi connectivity index (χ4v) is 5.19. The lowest BCUT2D eigenvalue weighted by Crippen LogP contribution is -2.20. The summed E-state index contributed by atoms with van der Waals surface area (Å²) in [7, 11) is 0. The predicted molar refractivity (Wildman–Crippen MR) is 142 cm³/mol. The van der Waals surface area contributed by atoms with Gasteiger partial charge in [0.05, 0.1) is 17.7 Å². The number of ether oxygens (including phenoxy) is 1. The first kappa shape index (κ1) is 22.8. The smallest absolute Gasteiger partial charge is 0.355 e. The average molecular weight is 499 g/mol. The fourth-order valence-electron chi connectivity index (χ4n) is 3.80. The molecule has 0 spiro atoms. The average Bonchev–Trinajstić information content (AvgIpc) is 3.22. The summed E-state index contributed by atoms with van der Waals surface area (Å²) in [5.41, 5.74) is 4.02. The zero-order valence-corrected chi connectivity index (χ0v) is 20.0. The minimum absolute atomic E-state index is 0.194. The Morgan fingerprint density at radius 3 is 2.46 bits per heavy atom. The van der Waals surface area contributed by atoms with Crippen LogP contribution in [-0.4, -0.2) is 18.1 Å². The highest BCUT2D eigenvalue weighted by Crippen LogP contribution is 2.36. The number of hydrogen-bond donors (Lipinski definition) is 1. The minimum Gasteiger partial charge on any atom is -0.422 e. The van der Waals surface area contributed by atoms with E-state index in [4.69, 9.17) is 16.3 Å². The minimum atomic E-state index is -0.544. The Labute approximate surface area is 210 Å². The Morgan fingerprint density at radius 1 is 0.886 bits per heavy atom. The van der Waals surface area contributed by atoms with Gasteiger partial charge < -0.3 is 4.74 Å². The van der Waals surface area contributed by atoms with Gasteiger partial charge in [-0.15, -0.1) is 11.3 Å². The van der Waals surface area contributed by atoms with E-state index in [0.717, 1.165) is 26.4 Å². The standard InChI is InChI=1S/C28H19ClN2O3S/c29-26-22-13-4-6-15-24(22)35-27(26)28(33)34-23-14-5-2-9-20(23)17-30-31-25(32)16-19-11-7-10-18-8-1-3-12-21(18)19/h1-15,17H,16H2,(H,31,32)/b30-17-. The summed E-state index contributed by atoms with van der Waals surface area (Å²) in [5.74, 6) is -0.473. The monoisotopic (exact) mass is 498 g/mol.